The zero-order valence-electron chi connectivity index (χ0n) is 13.8. The van der Waals surface area contributed by atoms with Crippen molar-refractivity contribution < 1.29 is 0 Å². The average Bonchev–Trinajstić information content (AvgIpc) is 2.34. The molecule has 1 heteroatoms. The van der Waals surface area contributed by atoms with Gasteiger partial charge in [0.15, 0.2) is 0 Å². The number of allylic oxidation sites excluding steroid dienone is 1. The van der Waals surface area contributed by atoms with Crippen LogP contribution >= 0.6 is 0 Å². The van der Waals surface area contributed by atoms with E-state index in [4.69, 9.17) is 0 Å². The highest BCUT2D eigenvalue weighted by atomic mass is 15.0. The first-order chi connectivity index (χ1) is 9.13. The molecule has 0 aliphatic carbocycles. The molecule has 0 radical (unpaired) electrons. The summed E-state index contributed by atoms with van der Waals surface area (Å²) in [6, 6.07) is 0. The number of hydrogen-bond acceptors (Lipinski definition) is 1. The van der Waals surface area contributed by atoms with Crippen molar-refractivity contribution in [2.45, 2.75) is 84.0 Å². The standard InChI is InChI=1S/C18H37N/c1-18(2)16-14-12-10-8-6-5-7-9-11-13-15-17-19(3)4/h1,5-17H2,2-4H3. The van der Waals surface area contributed by atoms with Crippen molar-refractivity contribution in [3.63, 3.8) is 0 Å². The summed E-state index contributed by atoms with van der Waals surface area (Å²) in [7, 11) is 4.33. The van der Waals surface area contributed by atoms with E-state index >= 15 is 0 Å². The van der Waals surface area contributed by atoms with Gasteiger partial charge in [0.1, 0.15) is 0 Å². The second kappa shape index (κ2) is 14.1. The molecule has 0 aromatic carbocycles. The van der Waals surface area contributed by atoms with Crippen molar-refractivity contribution in [3.8, 4) is 0 Å². The lowest BCUT2D eigenvalue weighted by Gasteiger charge is -2.08. The molecule has 0 saturated carbocycles. The number of unbranched alkanes of at least 4 members (excludes halogenated alkanes) is 10. The Hall–Kier alpha value is -0.300. The normalized spacial score (nSPS) is 11.2. The Kier molecular flexibility index (Phi) is 13.9. The molecule has 1 nitrogen and oxygen atoms in total. The van der Waals surface area contributed by atoms with Crippen molar-refractivity contribution in [2.75, 3.05) is 20.6 Å². The van der Waals surface area contributed by atoms with E-state index in [-0.39, 0.29) is 0 Å². The van der Waals surface area contributed by atoms with Crippen LogP contribution < -0.4 is 0 Å². The lowest BCUT2D eigenvalue weighted by atomic mass is 10.0. The number of nitrogens with zero attached hydrogens (tertiary/aromatic N) is 1. The summed E-state index contributed by atoms with van der Waals surface area (Å²) in [4.78, 5) is 2.29. The molecule has 0 unspecified atom stereocenters. The molecular formula is C18H37N. The predicted octanol–water partition coefficient (Wildman–Crippen LogP) is 5.81. The Morgan fingerprint density at radius 1 is 0.684 bits per heavy atom. The Morgan fingerprint density at radius 3 is 1.42 bits per heavy atom. The van der Waals surface area contributed by atoms with Crippen LogP contribution in [0.1, 0.15) is 84.0 Å². The maximum absolute atomic E-state index is 3.95. The van der Waals surface area contributed by atoms with E-state index in [2.05, 4.69) is 32.5 Å². The molecule has 0 rings (SSSR count). The lowest BCUT2D eigenvalue weighted by molar-refractivity contribution is 0.389. The van der Waals surface area contributed by atoms with Crippen LogP contribution in [0.2, 0.25) is 0 Å². The van der Waals surface area contributed by atoms with Crippen LogP contribution in [0.25, 0.3) is 0 Å². The van der Waals surface area contributed by atoms with Gasteiger partial charge in [0.2, 0.25) is 0 Å². The summed E-state index contributed by atoms with van der Waals surface area (Å²) < 4.78 is 0. The molecule has 0 spiro atoms. The van der Waals surface area contributed by atoms with Gasteiger partial charge in [0.25, 0.3) is 0 Å². The van der Waals surface area contributed by atoms with Crippen molar-refractivity contribution >= 4 is 0 Å². The van der Waals surface area contributed by atoms with E-state index in [1.54, 1.807) is 0 Å². The molecule has 0 aliphatic heterocycles. The molecule has 0 bridgehead atoms. The summed E-state index contributed by atoms with van der Waals surface area (Å²) in [6.07, 6.45) is 16.9. The second-order valence-electron chi connectivity index (χ2n) is 6.40. The Labute approximate surface area is 122 Å². The maximum Gasteiger partial charge on any atom is -0.00248 e. The monoisotopic (exact) mass is 267 g/mol. The van der Waals surface area contributed by atoms with Crippen LogP contribution in [0.15, 0.2) is 12.2 Å². The molecule has 114 valence electrons. The van der Waals surface area contributed by atoms with Crippen LogP contribution in [-0.4, -0.2) is 25.5 Å². The minimum Gasteiger partial charge on any atom is -0.309 e. The summed E-state index contributed by atoms with van der Waals surface area (Å²) in [6.45, 7) is 7.34. The summed E-state index contributed by atoms with van der Waals surface area (Å²) >= 11 is 0. The first-order valence-electron chi connectivity index (χ1n) is 8.42. The minimum atomic E-state index is 1.23. The second-order valence-corrected chi connectivity index (χ2v) is 6.40. The molecule has 0 heterocycles. The van der Waals surface area contributed by atoms with E-state index in [1.807, 2.05) is 0 Å². The summed E-state index contributed by atoms with van der Waals surface area (Å²) in [5.41, 5.74) is 1.34. The maximum atomic E-state index is 3.95. The van der Waals surface area contributed by atoms with E-state index in [1.165, 1.54) is 89.2 Å². The topological polar surface area (TPSA) is 3.24 Å². The number of hydrogen-bond donors (Lipinski definition) is 0. The highest BCUT2D eigenvalue weighted by Crippen LogP contribution is 2.13. The van der Waals surface area contributed by atoms with Crippen molar-refractivity contribution in [1.82, 2.24) is 4.90 Å². The molecule has 0 atom stereocenters. The fourth-order valence-corrected chi connectivity index (χ4v) is 2.45. The fraction of sp³-hybridized carbons (Fsp3) is 0.889. The third-order valence-electron chi connectivity index (χ3n) is 3.71. The quantitative estimate of drug-likeness (QED) is 0.284. The Morgan fingerprint density at radius 2 is 1.05 bits per heavy atom. The lowest BCUT2D eigenvalue weighted by Crippen LogP contribution is -2.12. The van der Waals surface area contributed by atoms with Gasteiger partial charge in [-0.15, -0.1) is 6.58 Å². The van der Waals surface area contributed by atoms with Crippen LogP contribution in [0.5, 0.6) is 0 Å². The van der Waals surface area contributed by atoms with Gasteiger partial charge >= 0.3 is 0 Å². The van der Waals surface area contributed by atoms with Crippen LogP contribution in [-0.2, 0) is 0 Å². The van der Waals surface area contributed by atoms with Crippen LogP contribution in [0, 0.1) is 0 Å². The molecular weight excluding hydrogens is 230 g/mol. The van der Waals surface area contributed by atoms with Gasteiger partial charge in [-0.3, -0.25) is 0 Å². The largest absolute Gasteiger partial charge is 0.309 e. The van der Waals surface area contributed by atoms with E-state index < -0.39 is 0 Å². The van der Waals surface area contributed by atoms with Crippen LogP contribution in [0.4, 0.5) is 0 Å². The SMILES string of the molecule is C=C(C)CCCCCCCCCCCCCN(C)C. The smallest absolute Gasteiger partial charge is 0.00248 e. The highest BCUT2D eigenvalue weighted by molar-refractivity contribution is 4.86. The molecule has 0 aromatic heterocycles. The van der Waals surface area contributed by atoms with Crippen molar-refractivity contribution in [3.05, 3.63) is 12.2 Å². The van der Waals surface area contributed by atoms with E-state index in [9.17, 15) is 0 Å². The van der Waals surface area contributed by atoms with Gasteiger partial charge in [-0.05, 0) is 46.8 Å². The first-order valence-corrected chi connectivity index (χ1v) is 8.42. The van der Waals surface area contributed by atoms with Gasteiger partial charge in [0, 0.05) is 0 Å². The van der Waals surface area contributed by atoms with Gasteiger partial charge < -0.3 is 4.90 Å². The summed E-state index contributed by atoms with van der Waals surface area (Å²) in [5, 5.41) is 0. The number of rotatable bonds is 14. The average molecular weight is 268 g/mol. The fourth-order valence-electron chi connectivity index (χ4n) is 2.45. The zero-order chi connectivity index (χ0) is 14.3. The van der Waals surface area contributed by atoms with Gasteiger partial charge in [-0.25, -0.2) is 0 Å². The molecule has 0 saturated heterocycles. The molecule has 0 aromatic rings. The molecule has 19 heavy (non-hydrogen) atoms. The summed E-state index contributed by atoms with van der Waals surface area (Å²) in [5.74, 6) is 0. The van der Waals surface area contributed by atoms with Gasteiger partial charge in [-0.2, -0.15) is 0 Å². The highest BCUT2D eigenvalue weighted by Gasteiger charge is 1.94. The van der Waals surface area contributed by atoms with E-state index in [0.29, 0.717) is 0 Å². The Bertz CT molecular complexity index is 196. The molecule has 0 aliphatic rings. The minimum absolute atomic E-state index is 1.23. The predicted molar refractivity (Wildman–Crippen MR) is 88.8 cm³/mol. The Balaban J connectivity index is 2.97. The van der Waals surface area contributed by atoms with Crippen molar-refractivity contribution in [1.29, 1.82) is 0 Å². The molecule has 0 N–H and O–H groups in total. The van der Waals surface area contributed by atoms with E-state index in [0.717, 1.165) is 0 Å². The van der Waals surface area contributed by atoms with Gasteiger partial charge in [-0.1, -0.05) is 63.4 Å². The van der Waals surface area contributed by atoms with Gasteiger partial charge in [0.05, 0.1) is 0 Å². The van der Waals surface area contributed by atoms with Crippen LogP contribution in [0.3, 0.4) is 0 Å². The third kappa shape index (κ3) is 17.7. The zero-order valence-corrected chi connectivity index (χ0v) is 13.8. The molecule has 0 fully saturated rings. The third-order valence-corrected chi connectivity index (χ3v) is 3.71. The first kappa shape index (κ1) is 18.7. The molecule has 0 amide bonds. The van der Waals surface area contributed by atoms with Crippen molar-refractivity contribution in [2.24, 2.45) is 0 Å².